The fraction of sp³-hybridized carbons (Fsp3) is 0.543. The number of benzene rings is 2. The summed E-state index contributed by atoms with van der Waals surface area (Å²) >= 11 is 0. The first-order valence-corrected chi connectivity index (χ1v) is 18.0. The summed E-state index contributed by atoms with van der Waals surface area (Å²) < 4.78 is 118. The molecule has 1 spiro atoms. The number of rotatable bonds is 6. The maximum absolute atomic E-state index is 14.5. The van der Waals surface area contributed by atoms with Gasteiger partial charge in [-0.25, -0.2) is 18.1 Å². The number of sulfonamides is 1. The molecule has 3 fully saturated rings. The van der Waals surface area contributed by atoms with Gasteiger partial charge in [0.2, 0.25) is 11.8 Å². The van der Waals surface area contributed by atoms with Gasteiger partial charge in [-0.2, -0.15) is 31.3 Å². The van der Waals surface area contributed by atoms with Gasteiger partial charge >= 0.3 is 12.4 Å². The van der Waals surface area contributed by atoms with Gasteiger partial charge in [0.25, 0.3) is 10.0 Å². The van der Waals surface area contributed by atoms with E-state index in [-0.39, 0.29) is 60.0 Å². The largest absolute Gasteiger partial charge is 0.477 e. The van der Waals surface area contributed by atoms with Crippen molar-refractivity contribution in [3.05, 3.63) is 65.2 Å². The Balaban J connectivity index is 1.26. The summed E-state index contributed by atoms with van der Waals surface area (Å²) in [5.41, 5.74) is 1.50. The fourth-order valence-electron chi connectivity index (χ4n) is 8.66. The molecule has 1 aliphatic heterocycles. The highest BCUT2D eigenvalue weighted by molar-refractivity contribution is 7.92. The Hall–Kier alpha value is -3.39. The van der Waals surface area contributed by atoms with Crippen molar-refractivity contribution in [1.82, 2.24) is 15.3 Å². The number of halogens is 6. The molecule has 3 aliphatic carbocycles. The molecule has 2 atom stereocenters. The summed E-state index contributed by atoms with van der Waals surface area (Å²) in [5.74, 6) is -1.43. The average Bonchev–Trinajstić information content (AvgIpc) is 3.75. The van der Waals surface area contributed by atoms with Crippen molar-refractivity contribution in [2.45, 2.75) is 88.0 Å². The number of nitrogens with one attached hydrogen (secondary N) is 2. The zero-order valence-corrected chi connectivity index (χ0v) is 27.9. The smallest absolute Gasteiger partial charge is 0.401 e. The Morgan fingerprint density at radius 1 is 0.939 bits per heavy atom. The maximum Gasteiger partial charge on any atom is 0.401 e. The lowest BCUT2D eigenvalue weighted by atomic mass is 9.46. The third kappa shape index (κ3) is 6.74. The Morgan fingerprint density at radius 3 is 2.24 bits per heavy atom. The number of aromatic nitrogens is 2. The number of ether oxygens (including phenoxy) is 1. The number of aryl methyl sites for hydroxylation is 2. The van der Waals surface area contributed by atoms with Gasteiger partial charge in [-0.3, -0.25) is 0 Å². The SMILES string of the molecule is Cc1cccc(C)c1-c1cc2nc(n1)NS(=O)(=O)c1cccc(c1)C(C1CC3(CC(NCC(F)(F)F)C3)C1)[C@H](CC1(C(F)(F)F)CC1)CO2. The van der Waals surface area contributed by atoms with Crippen LogP contribution in [0.3, 0.4) is 0 Å². The lowest BCUT2D eigenvalue weighted by Crippen LogP contribution is -2.57. The van der Waals surface area contributed by atoms with Gasteiger partial charge in [-0.05, 0) is 105 Å². The first kappa shape index (κ1) is 34.1. The maximum atomic E-state index is 14.5. The second-order valence-corrected chi connectivity index (χ2v) is 16.4. The van der Waals surface area contributed by atoms with Crippen LogP contribution in [-0.2, 0) is 10.0 Å². The van der Waals surface area contributed by atoms with Crippen LogP contribution in [0.15, 0.2) is 53.4 Å². The molecule has 1 aromatic heterocycles. The van der Waals surface area contributed by atoms with E-state index in [4.69, 9.17) is 4.74 Å². The molecule has 0 radical (unpaired) electrons. The molecular weight excluding hydrogens is 670 g/mol. The molecule has 3 aromatic rings. The van der Waals surface area contributed by atoms with Crippen molar-refractivity contribution in [1.29, 1.82) is 0 Å². The summed E-state index contributed by atoms with van der Waals surface area (Å²) in [5, 5.41) is 2.57. The molecule has 49 heavy (non-hydrogen) atoms. The van der Waals surface area contributed by atoms with E-state index in [2.05, 4.69) is 20.0 Å². The van der Waals surface area contributed by atoms with Crippen LogP contribution >= 0.6 is 0 Å². The summed E-state index contributed by atoms with van der Waals surface area (Å²) in [6.45, 7) is 2.63. The standard InChI is InChI=1S/C35H38F6N4O3S/c1-20-5-3-6-21(2)29(20)27-12-28-44-31(43-27)45-49(46,47)26-8-4-7-22(11-26)30(24(18-48-28)15-33(9-10-33)35(39,40)41)23-13-32(14-23)16-25(17-32)42-19-34(36,37)38/h3-8,11-12,23-25,30,42H,9-10,13-19H2,1-2H3,(H,43,44,45)/t23?,24-,25?,30?,32?/m1/s1. The molecule has 7 rings (SSSR count). The zero-order chi connectivity index (χ0) is 35.0. The molecule has 2 N–H and O–H groups in total. The Bertz CT molecular complexity index is 1830. The molecule has 3 saturated carbocycles. The highest BCUT2D eigenvalue weighted by Crippen LogP contribution is 2.66. The first-order valence-electron chi connectivity index (χ1n) is 16.5. The summed E-state index contributed by atoms with van der Waals surface area (Å²) in [6.07, 6.45) is -6.54. The first-order chi connectivity index (χ1) is 22.9. The molecule has 2 aromatic carbocycles. The van der Waals surface area contributed by atoms with E-state index in [9.17, 15) is 34.8 Å². The normalized spacial score (nSPS) is 28.6. The van der Waals surface area contributed by atoms with Crippen molar-refractivity contribution >= 4 is 16.0 Å². The Kier molecular flexibility index (Phi) is 8.24. The van der Waals surface area contributed by atoms with Gasteiger partial charge in [0, 0.05) is 23.6 Å². The number of anilines is 1. The van der Waals surface area contributed by atoms with E-state index >= 15 is 0 Å². The molecular formula is C35H38F6N4O3S. The molecule has 0 amide bonds. The summed E-state index contributed by atoms with van der Waals surface area (Å²) in [4.78, 5) is 8.79. The van der Waals surface area contributed by atoms with E-state index in [1.54, 1.807) is 18.2 Å². The van der Waals surface area contributed by atoms with E-state index < -0.39 is 46.2 Å². The third-order valence-electron chi connectivity index (χ3n) is 11.1. The van der Waals surface area contributed by atoms with Crippen LogP contribution in [0.2, 0.25) is 0 Å². The van der Waals surface area contributed by atoms with Crippen LogP contribution in [0, 0.1) is 36.5 Å². The Labute approximate surface area is 281 Å². The third-order valence-corrected chi connectivity index (χ3v) is 12.5. The van der Waals surface area contributed by atoms with Crippen LogP contribution in [0.4, 0.5) is 32.3 Å². The number of fused-ring (bicyclic) bond motifs is 4. The van der Waals surface area contributed by atoms with Crippen LogP contribution < -0.4 is 14.8 Å². The molecule has 4 bridgehead atoms. The van der Waals surface area contributed by atoms with Crippen LogP contribution in [0.5, 0.6) is 5.88 Å². The van der Waals surface area contributed by atoms with Gasteiger partial charge in [0.1, 0.15) is 0 Å². The zero-order valence-electron chi connectivity index (χ0n) is 27.1. The van der Waals surface area contributed by atoms with Gasteiger partial charge in [0.05, 0.1) is 29.2 Å². The summed E-state index contributed by atoms with van der Waals surface area (Å²) in [7, 11) is -4.22. The minimum Gasteiger partial charge on any atom is -0.477 e. The molecule has 14 heteroatoms. The van der Waals surface area contributed by atoms with Gasteiger partial charge in [-0.1, -0.05) is 30.3 Å². The van der Waals surface area contributed by atoms with E-state index in [0.717, 1.165) is 16.7 Å². The molecule has 7 nitrogen and oxygen atoms in total. The predicted octanol–water partition coefficient (Wildman–Crippen LogP) is 8.10. The highest BCUT2D eigenvalue weighted by Gasteiger charge is 2.64. The highest BCUT2D eigenvalue weighted by atomic mass is 32.2. The minimum absolute atomic E-state index is 0.00752. The number of nitrogens with zero attached hydrogens (tertiary/aromatic N) is 2. The molecule has 0 saturated heterocycles. The van der Waals surface area contributed by atoms with Crippen LogP contribution in [-0.4, -0.2) is 49.9 Å². The second kappa shape index (κ2) is 11.9. The molecule has 2 heterocycles. The van der Waals surface area contributed by atoms with E-state index in [1.807, 2.05) is 32.0 Å². The summed E-state index contributed by atoms with van der Waals surface area (Å²) in [6, 6.07) is 13.3. The molecule has 4 aliphatic rings. The van der Waals surface area contributed by atoms with Crippen molar-refractivity contribution in [3.8, 4) is 17.1 Å². The molecule has 1 unspecified atom stereocenters. The van der Waals surface area contributed by atoms with Crippen molar-refractivity contribution in [3.63, 3.8) is 0 Å². The number of alkyl halides is 6. The van der Waals surface area contributed by atoms with Gasteiger partial charge in [-0.15, -0.1) is 0 Å². The number of hydrogen-bond acceptors (Lipinski definition) is 6. The lowest BCUT2D eigenvalue weighted by molar-refractivity contribution is -0.194. The van der Waals surface area contributed by atoms with E-state index in [1.165, 1.54) is 12.1 Å². The van der Waals surface area contributed by atoms with Crippen molar-refractivity contribution in [2.24, 2.45) is 22.7 Å². The minimum atomic E-state index is -4.42. The van der Waals surface area contributed by atoms with Gasteiger partial charge < -0.3 is 10.1 Å². The fourth-order valence-corrected chi connectivity index (χ4v) is 9.65. The van der Waals surface area contributed by atoms with Crippen molar-refractivity contribution in [2.75, 3.05) is 17.9 Å². The average molecular weight is 709 g/mol. The quantitative estimate of drug-likeness (QED) is 0.252. The molecule has 264 valence electrons. The second-order valence-electron chi connectivity index (χ2n) is 14.7. The van der Waals surface area contributed by atoms with Gasteiger partial charge in [0.15, 0.2) is 0 Å². The lowest BCUT2D eigenvalue weighted by Gasteiger charge is -2.60. The van der Waals surface area contributed by atoms with Crippen LogP contribution in [0.1, 0.15) is 67.6 Å². The Morgan fingerprint density at radius 2 is 1.61 bits per heavy atom. The number of hydrogen-bond donors (Lipinski definition) is 2. The predicted molar refractivity (Wildman–Crippen MR) is 170 cm³/mol. The topological polar surface area (TPSA) is 93.2 Å². The monoisotopic (exact) mass is 708 g/mol. The van der Waals surface area contributed by atoms with Crippen molar-refractivity contribution < 1.29 is 39.5 Å². The van der Waals surface area contributed by atoms with E-state index in [0.29, 0.717) is 36.9 Å². The van der Waals surface area contributed by atoms with Crippen LogP contribution in [0.25, 0.3) is 11.3 Å².